The SMILES string of the molecule is Clc1ccsc1C(Br)CC1CCC1. The van der Waals surface area contributed by atoms with Gasteiger partial charge < -0.3 is 0 Å². The van der Waals surface area contributed by atoms with Crippen LogP contribution >= 0.6 is 38.9 Å². The van der Waals surface area contributed by atoms with Gasteiger partial charge in [0.15, 0.2) is 0 Å². The quantitative estimate of drug-likeness (QED) is 0.681. The molecule has 0 aromatic carbocycles. The van der Waals surface area contributed by atoms with Crippen LogP contribution in [0.25, 0.3) is 0 Å². The van der Waals surface area contributed by atoms with Gasteiger partial charge in [-0.3, -0.25) is 0 Å². The van der Waals surface area contributed by atoms with Crippen LogP contribution in [-0.2, 0) is 0 Å². The van der Waals surface area contributed by atoms with Gasteiger partial charge in [-0.25, -0.2) is 0 Å². The topological polar surface area (TPSA) is 0 Å². The average molecular weight is 280 g/mol. The zero-order chi connectivity index (χ0) is 9.26. The largest absolute Gasteiger partial charge is 0.146 e. The second kappa shape index (κ2) is 4.33. The van der Waals surface area contributed by atoms with Gasteiger partial charge in [-0.2, -0.15) is 0 Å². The van der Waals surface area contributed by atoms with Crippen molar-refractivity contribution in [3.8, 4) is 0 Å². The maximum absolute atomic E-state index is 6.06. The van der Waals surface area contributed by atoms with E-state index in [0.29, 0.717) is 4.83 Å². The molecule has 1 fully saturated rings. The summed E-state index contributed by atoms with van der Waals surface area (Å²) in [5.41, 5.74) is 0. The number of rotatable bonds is 3. The lowest BCUT2D eigenvalue weighted by Gasteiger charge is -2.27. The minimum atomic E-state index is 0.477. The van der Waals surface area contributed by atoms with Gasteiger partial charge >= 0.3 is 0 Å². The fraction of sp³-hybridized carbons (Fsp3) is 0.600. The summed E-state index contributed by atoms with van der Waals surface area (Å²) in [4.78, 5) is 1.78. The van der Waals surface area contributed by atoms with Crippen LogP contribution < -0.4 is 0 Å². The maximum Gasteiger partial charge on any atom is 0.0556 e. The van der Waals surface area contributed by atoms with E-state index >= 15 is 0 Å². The van der Waals surface area contributed by atoms with Crippen LogP contribution in [0.1, 0.15) is 35.4 Å². The number of hydrogen-bond acceptors (Lipinski definition) is 1. The minimum Gasteiger partial charge on any atom is -0.146 e. The number of alkyl halides is 1. The van der Waals surface area contributed by atoms with Crippen LogP contribution in [0.2, 0.25) is 5.02 Å². The Balaban J connectivity index is 1.96. The summed E-state index contributed by atoms with van der Waals surface area (Å²) in [5.74, 6) is 0.933. The second-order valence-electron chi connectivity index (χ2n) is 3.63. The van der Waals surface area contributed by atoms with Gasteiger partial charge in [0.2, 0.25) is 0 Å². The zero-order valence-corrected chi connectivity index (χ0v) is 10.5. The van der Waals surface area contributed by atoms with E-state index in [-0.39, 0.29) is 0 Å². The Morgan fingerprint density at radius 1 is 1.62 bits per heavy atom. The predicted octanol–water partition coefficient (Wildman–Crippen LogP) is 5.03. The Kier molecular flexibility index (Phi) is 3.33. The van der Waals surface area contributed by atoms with Crippen molar-refractivity contribution in [1.29, 1.82) is 0 Å². The lowest BCUT2D eigenvalue weighted by Crippen LogP contribution is -2.12. The molecule has 1 aliphatic rings. The van der Waals surface area contributed by atoms with Crippen LogP contribution in [0, 0.1) is 5.92 Å². The van der Waals surface area contributed by atoms with Gasteiger partial charge in [-0.1, -0.05) is 46.8 Å². The summed E-state index contributed by atoms with van der Waals surface area (Å²) >= 11 is 11.5. The molecule has 0 radical (unpaired) electrons. The minimum absolute atomic E-state index is 0.477. The third-order valence-electron chi connectivity index (χ3n) is 2.69. The fourth-order valence-corrected chi connectivity index (χ4v) is 4.07. The molecule has 1 aliphatic carbocycles. The van der Waals surface area contributed by atoms with Crippen LogP contribution in [-0.4, -0.2) is 0 Å². The Morgan fingerprint density at radius 3 is 2.85 bits per heavy atom. The lowest BCUT2D eigenvalue weighted by atomic mass is 9.82. The van der Waals surface area contributed by atoms with Crippen molar-refractivity contribution in [1.82, 2.24) is 0 Å². The summed E-state index contributed by atoms with van der Waals surface area (Å²) < 4.78 is 0. The molecule has 0 bridgehead atoms. The molecule has 0 nitrogen and oxygen atoms in total. The van der Waals surface area contributed by atoms with Gasteiger partial charge in [-0.15, -0.1) is 11.3 Å². The molecule has 1 atom stereocenters. The molecule has 0 N–H and O–H groups in total. The summed E-state index contributed by atoms with van der Waals surface area (Å²) in [6.45, 7) is 0. The lowest BCUT2D eigenvalue weighted by molar-refractivity contribution is 0.296. The third-order valence-corrected chi connectivity index (χ3v) is 5.30. The van der Waals surface area contributed by atoms with Gasteiger partial charge in [0.1, 0.15) is 0 Å². The van der Waals surface area contributed by atoms with Gasteiger partial charge in [0.25, 0.3) is 0 Å². The molecule has 13 heavy (non-hydrogen) atoms. The van der Waals surface area contributed by atoms with E-state index in [9.17, 15) is 0 Å². The predicted molar refractivity (Wildman–Crippen MR) is 63.0 cm³/mol. The number of hydrogen-bond donors (Lipinski definition) is 0. The van der Waals surface area contributed by atoms with E-state index in [2.05, 4.69) is 21.3 Å². The van der Waals surface area contributed by atoms with Crippen molar-refractivity contribution < 1.29 is 0 Å². The summed E-state index contributed by atoms with van der Waals surface area (Å²) in [5, 5.41) is 2.98. The first-order chi connectivity index (χ1) is 6.27. The fourth-order valence-electron chi connectivity index (χ4n) is 1.66. The highest BCUT2D eigenvalue weighted by Gasteiger charge is 2.23. The van der Waals surface area contributed by atoms with Crippen LogP contribution in [0.15, 0.2) is 11.4 Å². The molecule has 72 valence electrons. The van der Waals surface area contributed by atoms with E-state index in [4.69, 9.17) is 11.6 Å². The molecule has 2 rings (SSSR count). The standard InChI is InChI=1S/C10H12BrClS/c11-8(6-7-2-1-3-7)10-9(12)4-5-13-10/h4-5,7-8H,1-3,6H2. The van der Waals surface area contributed by atoms with Crippen LogP contribution in [0.4, 0.5) is 0 Å². The van der Waals surface area contributed by atoms with Crippen molar-refractivity contribution >= 4 is 38.9 Å². The molecule has 0 spiro atoms. The second-order valence-corrected chi connectivity index (χ2v) is 6.09. The molecule has 1 aromatic heterocycles. The van der Waals surface area contributed by atoms with E-state index in [1.54, 1.807) is 11.3 Å². The van der Waals surface area contributed by atoms with E-state index in [1.807, 2.05) is 6.07 Å². The first kappa shape index (κ1) is 10.0. The highest BCUT2D eigenvalue weighted by atomic mass is 79.9. The molecule has 1 saturated carbocycles. The number of thiophene rings is 1. The maximum atomic E-state index is 6.06. The first-order valence-electron chi connectivity index (χ1n) is 4.64. The van der Waals surface area contributed by atoms with E-state index in [1.165, 1.54) is 30.6 Å². The van der Waals surface area contributed by atoms with Gasteiger partial charge in [0.05, 0.1) is 9.85 Å². The van der Waals surface area contributed by atoms with Crippen molar-refractivity contribution in [3.05, 3.63) is 21.3 Å². The molecule has 0 aliphatic heterocycles. The van der Waals surface area contributed by atoms with Crippen LogP contribution in [0.5, 0.6) is 0 Å². The molecule has 1 heterocycles. The molecule has 1 unspecified atom stereocenters. The Bertz CT molecular complexity index is 280. The van der Waals surface area contributed by atoms with Gasteiger partial charge in [0, 0.05) is 4.88 Å². The normalized spacial score (nSPS) is 19.8. The summed E-state index contributed by atoms with van der Waals surface area (Å²) in [7, 11) is 0. The molecule has 0 amide bonds. The highest BCUT2D eigenvalue weighted by Crippen LogP contribution is 2.42. The van der Waals surface area contributed by atoms with Crippen molar-refractivity contribution in [2.45, 2.75) is 30.5 Å². The van der Waals surface area contributed by atoms with Crippen molar-refractivity contribution in [2.75, 3.05) is 0 Å². The Labute approximate surface area is 96.4 Å². The van der Waals surface area contributed by atoms with Crippen molar-refractivity contribution in [3.63, 3.8) is 0 Å². The summed E-state index contributed by atoms with van der Waals surface area (Å²) in [6.07, 6.45) is 5.49. The molecule has 3 heteroatoms. The highest BCUT2D eigenvalue weighted by molar-refractivity contribution is 9.09. The molecular weight excluding hydrogens is 268 g/mol. The van der Waals surface area contributed by atoms with Gasteiger partial charge in [-0.05, 0) is 23.8 Å². The molecular formula is C10H12BrClS. The number of halogens is 2. The Hall–Kier alpha value is 0.470. The third kappa shape index (κ3) is 2.28. The van der Waals surface area contributed by atoms with Crippen LogP contribution in [0.3, 0.4) is 0 Å². The van der Waals surface area contributed by atoms with Crippen molar-refractivity contribution in [2.24, 2.45) is 5.92 Å². The van der Waals surface area contributed by atoms with E-state index in [0.717, 1.165) is 10.9 Å². The molecule has 1 aromatic rings. The van der Waals surface area contributed by atoms with E-state index < -0.39 is 0 Å². The smallest absolute Gasteiger partial charge is 0.0556 e. The Morgan fingerprint density at radius 2 is 2.38 bits per heavy atom. The first-order valence-corrected chi connectivity index (χ1v) is 6.81. The summed E-state index contributed by atoms with van der Waals surface area (Å²) in [6, 6.07) is 1.98. The zero-order valence-electron chi connectivity index (χ0n) is 7.30. The monoisotopic (exact) mass is 278 g/mol. The average Bonchev–Trinajstić information content (AvgIpc) is 2.43. The molecule has 0 saturated heterocycles.